The van der Waals surface area contributed by atoms with Crippen LogP contribution in [0.25, 0.3) is 0 Å². The normalized spacial score (nSPS) is 29.8. The third kappa shape index (κ3) is 3.61. The van der Waals surface area contributed by atoms with E-state index in [1.165, 1.54) is 11.8 Å². The Bertz CT molecular complexity index is 677. The number of allylic oxidation sites excluding steroid dienone is 1. The lowest BCUT2D eigenvalue weighted by Gasteiger charge is -2.34. The van der Waals surface area contributed by atoms with Crippen molar-refractivity contribution < 1.29 is 14.3 Å². The molecule has 0 saturated carbocycles. The summed E-state index contributed by atoms with van der Waals surface area (Å²) in [4.78, 5) is 18.5. The van der Waals surface area contributed by atoms with Crippen LogP contribution in [0.4, 0.5) is 0 Å². The first kappa shape index (κ1) is 18.0. The minimum Gasteiger partial charge on any atom is -0.397 e. The lowest BCUT2D eigenvalue weighted by atomic mass is 9.91. The van der Waals surface area contributed by atoms with E-state index in [4.69, 9.17) is 20.9 Å². The minimum absolute atomic E-state index is 0.0810. The molecule has 0 bridgehead atoms. The van der Waals surface area contributed by atoms with Gasteiger partial charge in [-0.15, -0.1) is 11.8 Å². The van der Waals surface area contributed by atoms with Crippen LogP contribution in [0.5, 0.6) is 0 Å². The van der Waals surface area contributed by atoms with E-state index in [1.807, 2.05) is 6.92 Å². The van der Waals surface area contributed by atoms with Crippen LogP contribution in [0.15, 0.2) is 38.1 Å². The first-order chi connectivity index (χ1) is 12.0. The van der Waals surface area contributed by atoms with Gasteiger partial charge in [-0.2, -0.15) is 0 Å². The number of primary amides is 1. The summed E-state index contributed by atoms with van der Waals surface area (Å²) in [6.07, 6.45) is 0.804. The molecular formula is C17H24N4O3S. The Morgan fingerprint density at radius 3 is 2.68 bits per heavy atom. The van der Waals surface area contributed by atoms with E-state index in [-0.39, 0.29) is 6.10 Å². The molecule has 3 aliphatic heterocycles. The van der Waals surface area contributed by atoms with Crippen molar-refractivity contribution in [1.29, 1.82) is 0 Å². The van der Waals surface area contributed by atoms with Crippen LogP contribution in [0, 0.1) is 0 Å². The Balaban J connectivity index is 2.08. The molecule has 1 unspecified atom stereocenters. The monoisotopic (exact) mass is 364 g/mol. The second-order valence-corrected chi connectivity index (χ2v) is 7.22. The van der Waals surface area contributed by atoms with Crippen LogP contribution in [0.3, 0.4) is 0 Å². The molecule has 8 heteroatoms. The van der Waals surface area contributed by atoms with E-state index in [2.05, 4.69) is 16.6 Å². The van der Waals surface area contributed by atoms with Crippen LogP contribution in [-0.4, -0.2) is 62.3 Å². The van der Waals surface area contributed by atoms with Crippen molar-refractivity contribution in [1.82, 2.24) is 4.90 Å². The second-order valence-electron chi connectivity index (χ2n) is 6.24. The highest BCUT2D eigenvalue weighted by Gasteiger charge is 2.31. The number of hydrogen-bond acceptors (Lipinski definition) is 7. The van der Waals surface area contributed by atoms with Gasteiger partial charge in [0, 0.05) is 24.4 Å². The Kier molecular flexibility index (Phi) is 5.51. The Hall–Kier alpha value is -1.77. The molecule has 2 fully saturated rings. The van der Waals surface area contributed by atoms with Crippen LogP contribution in [0.2, 0.25) is 0 Å². The lowest BCUT2D eigenvalue weighted by Crippen LogP contribution is -2.37. The molecule has 136 valence electrons. The molecule has 2 saturated heterocycles. The van der Waals surface area contributed by atoms with Gasteiger partial charge < -0.3 is 25.8 Å². The summed E-state index contributed by atoms with van der Waals surface area (Å²) < 4.78 is 11.3. The molecule has 3 heterocycles. The maximum atomic E-state index is 11.6. The largest absolute Gasteiger partial charge is 0.397 e. The minimum atomic E-state index is -0.473. The van der Waals surface area contributed by atoms with Crippen LogP contribution < -0.4 is 11.5 Å². The zero-order valence-electron chi connectivity index (χ0n) is 14.4. The third-order valence-corrected chi connectivity index (χ3v) is 5.76. The zero-order valence-corrected chi connectivity index (χ0v) is 15.2. The van der Waals surface area contributed by atoms with E-state index < -0.39 is 5.91 Å². The number of rotatable bonds is 3. The molecule has 7 nitrogen and oxygen atoms in total. The number of carbonyl (C=O) groups is 1. The fourth-order valence-electron chi connectivity index (χ4n) is 3.34. The number of ether oxygens (including phenoxy) is 2. The Morgan fingerprint density at radius 2 is 2.08 bits per heavy atom. The van der Waals surface area contributed by atoms with Gasteiger partial charge in [0.1, 0.15) is 5.82 Å². The summed E-state index contributed by atoms with van der Waals surface area (Å²) in [5.41, 5.74) is 15.2. The van der Waals surface area contributed by atoms with Crippen LogP contribution >= 0.6 is 11.8 Å². The maximum Gasteiger partial charge on any atom is 0.257 e. The average Bonchev–Trinajstić information content (AvgIpc) is 2.99. The van der Waals surface area contributed by atoms with Crippen molar-refractivity contribution >= 4 is 24.4 Å². The first-order valence-corrected chi connectivity index (χ1v) is 9.30. The molecule has 25 heavy (non-hydrogen) atoms. The predicted octanol–water partition coefficient (Wildman–Crippen LogP) is 0.739. The van der Waals surface area contributed by atoms with E-state index in [0.29, 0.717) is 36.2 Å². The molecule has 3 rings (SSSR count). The quantitative estimate of drug-likeness (QED) is 0.716. The average molecular weight is 364 g/mol. The molecule has 0 aromatic heterocycles. The molecule has 4 N–H and O–H groups in total. The Labute approximate surface area is 151 Å². The smallest absolute Gasteiger partial charge is 0.257 e. The van der Waals surface area contributed by atoms with Crippen molar-refractivity contribution in [3.05, 3.63) is 33.1 Å². The summed E-state index contributed by atoms with van der Waals surface area (Å²) in [6.45, 7) is 9.11. The van der Waals surface area contributed by atoms with Gasteiger partial charge >= 0.3 is 0 Å². The number of thioether (sulfide) groups is 1. The molecule has 0 aromatic carbocycles. The summed E-state index contributed by atoms with van der Waals surface area (Å²) >= 11 is 1.40. The van der Waals surface area contributed by atoms with Gasteiger partial charge in [-0.05, 0) is 31.2 Å². The predicted molar refractivity (Wildman–Crippen MR) is 98.9 cm³/mol. The van der Waals surface area contributed by atoms with E-state index in [0.717, 1.165) is 42.1 Å². The molecule has 0 aromatic rings. The topological polar surface area (TPSA) is 103 Å². The van der Waals surface area contributed by atoms with Gasteiger partial charge in [0.2, 0.25) is 0 Å². The van der Waals surface area contributed by atoms with Crippen molar-refractivity contribution in [3.63, 3.8) is 0 Å². The maximum absolute atomic E-state index is 11.6. The van der Waals surface area contributed by atoms with E-state index >= 15 is 0 Å². The number of aliphatic imine (C=N–C) groups is 1. The number of nitrogens with zero attached hydrogens (tertiary/aromatic N) is 2. The molecule has 1 atom stereocenters. The van der Waals surface area contributed by atoms with E-state index in [9.17, 15) is 4.79 Å². The lowest BCUT2D eigenvalue weighted by molar-refractivity contribution is -0.113. The highest BCUT2D eigenvalue weighted by atomic mass is 32.2. The summed E-state index contributed by atoms with van der Waals surface area (Å²) in [6, 6.07) is 0. The third-order valence-electron chi connectivity index (χ3n) is 4.62. The SMILES string of the molecule is C=N/C(=C1/COC(C)C/C1=C1/CSC(C(N)=O)=C1N)N1CCOCC1. The standard InChI is InChI=1S/C17H24N4O3S/c1-10-7-11(13-9-25-15(14(13)18)16(19)22)12(8-24-10)17(20-2)21-3-5-23-6-4-21/h10H,2-9,18H2,1H3,(H2,19,22)/b13-11+,17-12+. The molecule has 0 radical (unpaired) electrons. The van der Waals surface area contributed by atoms with E-state index in [1.54, 1.807) is 0 Å². The van der Waals surface area contributed by atoms with Gasteiger partial charge in [-0.3, -0.25) is 4.79 Å². The fraction of sp³-hybridized carbons (Fsp3) is 0.529. The number of carbonyl (C=O) groups excluding carboxylic acids is 1. The van der Waals surface area contributed by atoms with Gasteiger partial charge in [0.15, 0.2) is 0 Å². The summed E-state index contributed by atoms with van der Waals surface area (Å²) in [7, 11) is 0. The van der Waals surface area contributed by atoms with Gasteiger partial charge in [0.05, 0.1) is 36.5 Å². The van der Waals surface area contributed by atoms with Gasteiger partial charge in [0.25, 0.3) is 5.91 Å². The molecule has 0 spiro atoms. The zero-order chi connectivity index (χ0) is 18.0. The number of morpholine rings is 1. The van der Waals surface area contributed by atoms with Gasteiger partial charge in [-0.1, -0.05) is 0 Å². The summed E-state index contributed by atoms with van der Waals surface area (Å²) in [5.74, 6) is 0.991. The number of hydrogen-bond donors (Lipinski definition) is 2. The summed E-state index contributed by atoms with van der Waals surface area (Å²) in [5, 5.41) is 0. The van der Waals surface area contributed by atoms with Gasteiger partial charge in [-0.25, -0.2) is 4.99 Å². The van der Waals surface area contributed by atoms with Crippen LogP contribution in [-0.2, 0) is 14.3 Å². The van der Waals surface area contributed by atoms with Crippen molar-refractivity contribution in [3.8, 4) is 0 Å². The van der Waals surface area contributed by atoms with Crippen molar-refractivity contribution in [2.45, 2.75) is 19.4 Å². The fourth-order valence-corrected chi connectivity index (χ4v) is 4.38. The Morgan fingerprint density at radius 1 is 1.36 bits per heavy atom. The highest BCUT2D eigenvalue weighted by molar-refractivity contribution is 8.04. The molecule has 0 aliphatic carbocycles. The molecule has 3 aliphatic rings. The number of nitrogens with two attached hydrogens (primary N) is 2. The van der Waals surface area contributed by atoms with Crippen molar-refractivity contribution in [2.24, 2.45) is 16.5 Å². The molecule has 1 amide bonds. The first-order valence-electron chi connectivity index (χ1n) is 8.32. The highest BCUT2D eigenvalue weighted by Crippen LogP contribution is 2.40. The van der Waals surface area contributed by atoms with Crippen LogP contribution in [0.1, 0.15) is 13.3 Å². The number of amides is 1. The molecular weight excluding hydrogens is 340 g/mol. The second kappa shape index (κ2) is 7.63. The van der Waals surface area contributed by atoms with Crippen molar-refractivity contribution in [2.75, 3.05) is 38.7 Å².